The van der Waals surface area contributed by atoms with E-state index < -0.39 is 0 Å². The van der Waals surface area contributed by atoms with Crippen molar-refractivity contribution in [3.8, 4) is 0 Å². The van der Waals surface area contributed by atoms with E-state index in [0.717, 1.165) is 71.3 Å². The van der Waals surface area contributed by atoms with Crippen LogP contribution < -0.4 is 10.6 Å². The van der Waals surface area contributed by atoms with E-state index in [1.165, 1.54) is 11.1 Å². The van der Waals surface area contributed by atoms with E-state index in [9.17, 15) is 0 Å². The lowest BCUT2D eigenvalue weighted by atomic mass is 10.1. The smallest absolute Gasteiger partial charge is 0.191 e. The molecule has 2 aliphatic rings. The molecule has 0 amide bonds. The fourth-order valence-corrected chi connectivity index (χ4v) is 4.20. The van der Waals surface area contributed by atoms with Crippen molar-refractivity contribution in [3.05, 3.63) is 35.4 Å². The Morgan fingerprint density at radius 3 is 2.65 bits per heavy atom. The van der Waals surface area contributed by atoms with Crippen molar-refractivity contribution in [1.82, 2.24) is 15.5 Å². The summed E-state index contributed by atoms with van der Waals surface area (Å²) < 4.78 is 17.1. The average Bonchev–Trinajstić information content (AvgIpc) is 3.25. The third kappa shape index (κ3) is 8.41. The van der Waals surface area contributed by atoms with Gasteiger partial charge in [-0.15, -0.1) is 0 Å². The molecule has 0 aromatic heterocycles. The second-order valence-corrected chi connectivity index (χ2v) is 8.55. The second-order valence-electron chi connectivity index (χ2n) is 8.55. The molecule has 0 aliphatic carbocycles. The maximum Gasteiger partial charge on any atom is 0.191 e. The molecule has 31 heavy (non-hydrogen) atoms. The van der Waals surface area contributed by atoms with Gasteiger partial charge in [0, 0.05) is 45.9 Å². The first-order valence-electron chi connectivity index (χ1n) is 11.8. The molecule has 3 atom stereocenters. The number of ether oxygens (including phenoxy) is 3. The van der Waals surface area contributed by atoms with Crippen molar-refractivity contribution < 1.29 is 14.2 Å². The van der Waals surface area contributed by atoms with Crippen LogP contribution in [0.3, 0.4) is 0 Å². The van der Waals surface area contributed by atoms with Crippen molar-refractivity contribution in [1.29, 1.82) is 0 Å². The zero-order valence-electron chi connectivity index (χ0n) is 19.4. The van der Waals surface area contributed by atoms with Gasteiger partial charge in [0.25, 0.3) is 0 Å². The van der Waals surface area contributed by atoms with Crippen molar-refractivity contribution in [3.63, 3.8) is 0 Å². The minimum absolute atomic E-state index is 0.274. The molecule has 174 valence electrons. The van der Waals surface area contributed by atoms with Crippen molar-refractivity contribution in [2.75, 3.05) is 46.0 Å². The maximum absolute atomic E-state index is 5.88. The fraction of sp³-hybridized carbons (Fsp3) is 0.708. The van der Waals surface area contributed by atoms with E-state index in [0.29, 0.717) is 6.54 Å². The Hall–Kier alpha value is -1.67. The molecule has 3 rings (SSSR count). The van der Waals surface area contributed by atoms with Crippen LogP contribution in [0.5, 0.6) is 0 Å². The highest BCUT2D eigenvalue weighted by Crippen LogP contribution is 2.17. The Labute approximate surface area is 187 Å². The molecule has 7 heteroatoms. The molecule has 3 unspecified atom stereocenters. The Morgan fingerprint density at radius 1 is 1.16 bits per heavy atom. The van der Waals surface area contributed by atoms with Crippen molar-refractivity contribution in [2.45, 2.75) is 65.0 Å². The molecule has 7 nitrogen and oxygen atoms in total. The molecular weight excluding hydrogens is 392 g/mol. The summed E-state index contributed by atoms with van der Waals surface area (Å²) in [7, 11) is 0. The first kappa shape index (κ1) is 24.0. The quantitative estimate of drug-likeness (QED) is 0.337. The minimum atomic E-state index is 0.274. The van der Waals surface area contributed by atoms with E-state index in [4.69, 9.17) is 19.2 Å². The number of aliphatic imine (C=N–C) groups is 1. The molecule has 0 spiro atoms. The molecule has 2 fully saturated rings. The SMILES string of the molecule is CCNC(=NCc1ccccc1CN1CC(C)OC(C)C1)NCCCOC1CCOC1. The van der Waals surface area contributed by atoms with Crippen LogP contribution in [-0.4, -0.2) is 75.2 Å². The Bertz CT molecular complexity index is 669. The van der Waals surface area contributed by atoms with Gasteiger partial charge in [-0.1, -0.05) is 24.3 Å². The van der Waals surface area contributed by atoms with Crippen LogP contribution in [0.15, 0.2) is 29.3 Å². The first-order chi connectivity index (χ1) is 15.1. The van der Waals surface area contributed by atoms with E-state index >= 15 is 0 Å². The van der Waals surface area contributed by atoms with E-state index in [1.54, 1.807) is 0 Å². The molecule has 2 heterocycles. The zero-order valence-corrected chi connectivity index (χ0v) is 19.4. The zero-order chi connectivity index (χ0) is 21.9. The Balaban J connectivity index is 1.49. The van der Waals surface area contributed by atoms with E-state index in [2.05, 4.69) is 60.6 Å². The highest BCUT2D eigenvalue weighted by Gasteiger charge is 2.22. The average molecular weight is 433 g/mol. The number of rotatable bonds is 10. The minimum Gasteiger partial charge on any atom is -0.379 e. The number of nitrogens with one attached hydrogen (secondary N) is 2. The van der Waals surface area contributed by atoms with Crippen LogP contribution >= 0.6 is 0 Å². The molecule has 2 saturated heterocycles. The number of guanidine groups is 1. The topological polar surface area (TPSA) is 67.4 Å². The molecule has 2 aliphatic heterocycles. The van der Waals surface area contributed by atoms with E-state index in [1.807, 2.05) is 0 Å². The molecular formula is C24H40N4O3. The van der Waals surface area contributed by atoms with Crippen LogP contribution in [0.25, 0.3) is 0 Å². The third-order valence-corrected chi connectivity index (χ3v) is 5.61. The van der Waals surface area contributed by atoms with E-state index in [-0.39, 0.29) is 18.3 Å². The van der Waals surface area contributed by atoms with Crippen LogP contribution in [0.4, 0.5) is 0 Å². The molecule has 0 saturated carbocycles. The summed E-state index contributed by atoms with van der Waals surface area (Å²) in [5.41, 5.74) is 2.62. The summed E-state index contributed by atoms with van der Waals surface area (Å²) in [6, 6.07) is 8.63. The lowest BCUT2D eigenvalue weighted by Crippen LogP contribution is -2.44. The van der Waals surface area contributed by atoms with Gasteiger partial charge < -0.3 is 24.8 Å². The molecule has 1 aromatic carbocycles. The lowest BCUT2D eigenvalue weighted by Gasteiger charge is -2.35. The summed E-state index contributed by atoms with van der Waals surface area (Å²) in [5, 5.41) is 6.78. The van der Waals surface area contributed by atoms with Crippen molar-refractivity contribution >= 4 is 5.96 Å². The highest BCUT2D eigenvalue weighted by molar-refractivity contribution is 5.79. The molecule has 0 bridgehead atoms. The molecule has 0 radical (unpaired) electrons. The number of benzene rings is 1. The lowest BCUT2D eigenvalue weighted by molar-refractivity contribution is -0.0705. The largest absolute Gasteiger partial charge is 0.379 e. The molecule has 2 N–H and O–H groups in total. The Morgan fingerprint density at radius 2 is 1.94 bits per heavy atom. The summed E-state index contributed by atoms with van der Waals surface area (Å²) in [6.45, 7) is 13.9. The van der Waals surface area contributed by atoms with Crippen LogP contribution in [0.2, 0.25) is 0 Å². The standard InChI is InChI=1S/C24H40N4O3/c1-4-25-24(26-11-7-12-30-23-10-13-29-18-23)27-14-21-8-5-6-9-22(21)17-28-15-19(2)31-20(3)16-28/h5-6,8-9,19-20,23H,4,7,10-18H2,1-3H3,(H2,25,26,27). The maximum atomic E-state index is 5.88. The monoisotopic (exact) mass is 432 g/mol. The van der Waals surface area contributed by atoms with Crippen LogP contribution in [0, 0.1) is 0 Å². The predicted octanol–water partition coefficient (Wildman–Crippen LogP) is 2.55. The fourth-order valence-electron chi connectivity index (χ4n) is 4.20. The van der Waals surface area contributed by atoms with Crippen LogP contribution in [-0.2, 0) is 27.3 Å². The summed E-state index contributed by atoms with van der Waals surface area (Å²) in [5.74, 6) is 0.857. The predicted molar refractivity (Wildman–Crippen MR) is 124 cm³/mol. The van der Waals surface area contributed by atoms with Crippen LogP contribution in [0.1, 0.15) is 44.7 Å². The number of hydrogen-bond donors (Lipinski definition) is 2. The van der Waals surface area contributed by atoms with Gasteiger partial charge in [0.2, 0.25) is 0 Å². The normalized spacial score (nSPS) is 25.0. The summed E-state index contributed by atoms with van der Waals surface area (Å²) >= 11 is 0. The van der Waals surface area contributed by atoms with Gasteiger partial charge in [0.15, 0.2) is 5.96 Å². The van der Waals surface area contributed by atoms with Gasteiger partial charge in [0.05, 0.1) is 31.5 Å². The van der Waals surface area contributed by atoms with Gasteiger partial charge in [-0.2, -0.15) is 0 Å². The van der Waals surface area contributed by atoms with Gasteiger partial charge in [-0.05, 0) is 44.7 Å². The first-order valence-corrected chi connectivity index (χ1v) is 11.8. The number of hydrogen-bond acceptors (Lipinski definition) is 5. The number of nitrogens with zero attached hydrogens (tertiary/aromatic N) is 2. The molecule has 1 aromatic rings. The van der Waals surface area contributed by atoms with Gasteiger partial charge in [-0.25, -0.2) is 4.99 Å². The summed E-state index contributed by atoms with van der Waals surface area (Å²) in [4.78, 5) is 7.32. The van der Waals surface area contributed by atoms with Crippen molar-refractivity contribution in [2.24, 2.45) is 4.99 Å². The van der Waals surface area contributed by atoms with Gasteiger partial charge in [0.1, 0.15) is 0 Å². The summed E-state index contributed by atoms with van der Waals surface area (Å²) in [6.07, 6.45) is 2.80. The second kappa shape index (κ2) is 13.0. The highest BCUT2D eigenvalue weighted by atomic mass is 16.5. The number of morpholine rings is 1. The third-order valence-electron chi connectivity index (χ3n) is 5.61. The Kier molecular flexibility index (Phi) is 10.1. The van der Waals surface area contributed by atoms with Gasteiger partial charge in [-0.3, -0.25) is 4.90 Å². The van der Waals surface area contributed by atoms with Gasteiger partial charge >= 0.3 is 0 Å².